The molecule has 1 unspecified atom stereocenters. The van der Waals surface area contributed by atoms with E-state index in [1.807, 2.05) is 11.9 Å². The van der Waals surface area contributed by atoms with E-state index in [9.17, 15) is 19.2 Å². The van der Waals surface area contributed by atoms with Gasteiger partial charge >= 0.3 is 0 Å². The van der Waals surface area contributed by atoms with Crippen LogP contribution >= 0.6 is 11.9 Å². The van der Waals surface area contributed by atoms with Crippen molar-refractivity contribution in [1.29, 1.82) is 0 Å². The maximum absolute atomic E-state index is 12.9. The van der Waals surface area contributed by atoms with Crippen LogP contribution < -0.4 is 20.7 Å². The monoisotopic (exact) mass is 475 g/mol. The first-order valence-corrected chi connectivity index (χ1v) is 12.4. The number of carbonyl (C=O) groups is 4. The number of rotatable bonds is 15. The number of aldehydes is 1. The van der Waals surface area contributed by atoms with E-state index >= 15 is 0 Å². The summed E-state index contributed by atoms with van der Waals surface area (Å²) in [5.41, 5.74) is 1.34. The Morgan fingerprint density at radius 1 is 1.15 bits per heavy atom. The molecule has 4 N–H and O–H groups in total. The second-order valence-corrected chi connectivity index (χ2v) is 9.44. The third-order valence-electron chi connectivity index (χ3n) is 5.87. The van der Waals surface area contributed by atoms with Crippen LogP contribution in [0.5, 0.6) is 0 Å². The second kappa shape index (κ2) is 12.7. The first-order chi connectivity index (χ1) is 16.1. The molecule has 3 amide bonds. The topological polar surface area (TPSA) is 120 Å². The van der Waals surface area contributed by atoms with Gasteiger partial charge in [0.15, 0.2) is 0 Å². The maximum Gasteiger partial charge on any atom is 0.262 e. The zero-order valence-corrected chi connectivity index (χ0v) is 19.8. The van der Waals surface area contributed by atoms with Crippen molar-refractivity contribution >= 4 is 41.6 Å². The molecule has 1 saturated heterocycles. The van der Waals surface area contributed by atoms with Crippen molar-refractivity contribution in [2.45, 2.75) is 49.8 Å². The predicted octanol–water partition coefficient (Wildman–Crippen LogP) is 1.56. The summed E-state index contributed by atoms with van der Waals surface area (Å²) in [6, 6.07) is 4.08. The molecule has 0 bridgehead atoms. The van der Waals surface area contributed by atoms with E-state index in [-0.39, 0.29) is 24.0 Å². The Hall–Kier alpha value is -2.43. The molecule has 2 aliphatic rings. The third kappa shape index (κ3) is 6.55. The number of imide groups is 1. The summed E-state index contributed by atoms with van der Waals surface area (Å²) in [5, 5.41) is 9.76. The van der Waals surface area contributed by atoms with Gasteiger partial charge in [0, 0.05) is 50.6 Å². The Kier molecular flexibility index (Phi) is 9.71. The van der Waals surface area contributed by atoms with Crippen molar-refractivity contribution < 1.29 is 19.2 Å². The van der Waals surface area contributed by atoms with Gasteiger partial charge in [0.05, 0.1) is 11.1 Å². The van der Waals surface area contributed by atoms with Crippen LogP contribution in [-0.4, -0.2) is 73.4 Å². The van der Waals surface area contributed by atoms with Crippen LogP contribution in [0.2, 0.25) is 0 Å². The van der Waals surface area contributed by atoms with Gasteiger partial charge in [-0.25, -0.2) is 0 Å². The lowest BCUT2D eigenvalue weighted by atomic mass is 10.1. The van der Waals surface area contributed by atoms with Crippen LogP contribution in [0.4, 0.5) is 5.69 Å². The van der Waals surface area contributed by atoms with Gasteiger partial charge in [-0.05, 0) is 37.5 Å². The molecule has 1 aromatic rings. The predicted molar refractivity (Wildman–Crippen MR) is 129 cm³/mol. The van der Waals surface area contributed by atoms with E-state index < -0.39 is 23.8 Å². The number of anilines is 1. The van der Waals surface area contributed by atoms with Gasteiger partial charge in [-0.3, -0.25) is 24.0 Å². The van der Waals surface area contributed by atoms with Gasteiger partial charge in [-0.2, -0.15) is 0 Å². The minimum atomic E-state index is -0.998. The zero-order valence-electron chi connectivity index (χ0n) is 19.0. The zero-order chi connectivity index (χ0) is 23.6. The van der Waals surface area contributed by atoms with E-state index in [2.05, 4.69) is 20.7 Å². The highest BCUT2D eigenvalue weighted by molar-refractivity contribution is 7.98. The first kappa shape index (κ1) is 25.2. The average molecular weight is 476 g/mol. The minimum Gasteiger partial charge on any atom is -0.385 e. The Labute approximate surface area is 198 Å². The van der Waals surface area contributed by atoms with Crippen molar-refractivity contribution in [2.75, 3.05) is 38.5 Å². The molecule has 0 radical (unpaired) electrons. The fourth-order valence-electron chi connectivity index (χ4n) is 3.85. The van der Waals surface area contributed by atoms with Crippen LogP contribution in [0, 0.1) is 0 Å². The van der Waals surface area contributed by atoms with Crippen LogP contribution in [0.25, 0.3) is 0 Å². The van der Waals surface area contributed by atoms with Crippen molar-refractivity contribution in [3.8, 4) is 0 Å². The van der Waals surface area contributed by atoms with Crippen LogP contribution in [0.3, 0.4) is 0 Å². The lowest BCUT2D eigenvalue weighted by Crippen LogP contribution is -2.48. The Morgan fingerprint density at radius 2 is 1.88 bits per heavy atom. The van der Waals surface area contributed by atoms with Crippen LogP contribution in [0.1, 0.15) is 59.2 Å². The van der Waals surface area contributed by atoms with Crippen LogP contribution in [0.15, 0.2) is 18.2 Å². The average Bonchev–Trinajstić information content (AvgIpc) is 3.03. The molecule has 0 saturated carbocycles. The largest absolute Gasteiger partial charge is 0.385 e. The number of nitrogens with zero attached hydrogens (tertiary/aromatic N) is 1. The molecule has 2 heterocycles. The lowest BCUT2D eigenvalue weighted by molar-refractivity contribution is -0.124. The quantitative estimate of drug-likeness (QED) is 0.131. The smallest absolute Gasteiger partial charge is 0.262 e. The molecular formula is C23H33N5O4S. The number of benzene rings is 1. The Bertz CT molecular complexity index is 861. The van der Waals surface area contributed by atoms with Gasteiger partial charge < -0.3 is 20.7 Å². The standard InChI is InChI=1S/C23H33N5O4S/c1-24-21(30)20(7-6-12-29)28-22(31)18-9-8-16(13-19(18)23(28)32)26-10-4-2-3-5-11-27-33-17-14-25-15-17/h8-9,12-13,17,20,25-27H,2-7,10-11,14-15H2,1H3,(H,24,30). The molecule has 9 nitrogen and oxygen atoms in total. The van der Waals surface area contributed by atoms with Crippen molar-refractivity contribution in [2.24, 2.45) is 0 Å². The summed E-state index contributed by atoms with van der Waals surface area (Å²) < 4.78 is 3.42. The summed E-state index contributed by atoms with van der Waals surface area (Å²) in [4.78, 5) is 49.8. The number of hydrogen-bond acceptors (Lipinski definition) is 8. The molecule has 1 fully saturated rings. The SMILES string of the molecule is CNC(=O)C(CCC=O)N1C(=O)c2ccc(NCCCCCCNSC3CNC3)cc2C1=O. The van der Waals surface area contributed by atoms with Gasteiger partial charge in [-0.1, -0.05) is 24.8 Å². The van der Waals surface area contributed by atoms with E-state index in [1.54, 1.807) is 18.2 Å². The number of carbonyl (C=O) groups excluding carboxylic acids is 4. The molecule has 1 atom stereocenters. The van der Waals surface area contributed by atoms with Gasteiger partial charge in [0.2, 0.25) is 5.91 Å². The van der Waals surface area contributed by atoms with E-state index in [4.69, 9.17) is 0 Å². The summed E-state index contributed by atoms with van der Waals surface area (Å²) in [5.74, 6) is -1.46. The number of amides is 3. The number of hydrogen-bond donors (Lipinski definition) is 4. The molecule has 1 aromatic carbocycles. The number of unbranched alkanes of at least 4 members (excludes halogenated alkanes) is 3. The highest BCUT2D eigenvalue weighted by Crippen LogP contribution is 2.28. The normalized spacial score (nSPS) is 16.3. The fraction of sp³-hybridized carbons (Fsp3) is 0.565. The molecular weight excluding hydrogens is 442 g/mol. The summed E-state index contributed by atoms with van der Waals surface area (Å²) in [6.45, 7) is 3.99. The third-order valence-corrected chi connectivity index (χ3v) is 6.90. The number of fused-ring (bicyclic) bond motifs is 1. The summed E-state index contributed by atoms with van der Waals surface area (Å²) in [6.07, 6.45) is 5.31. The van der Waals surface area contributed by atoms with Gasteiger partial charge in [-0.15, -0.1) is 0 Å². The van der Waals surface area contributed by atoms with Crippen LogP contribution in [-0.2, 0) is 9.59 Å². The molecule has 0 aliphatic carbocycles. The van der Waals surface area contributed by atoms with E-state index in [0.717, 1.165) is 62.4 Å². The van der Waals surface area contributed by atoms with Crippen molar-refractivity contribution in [1.82, 2.24) is 20.3 Å². The second-order valence-electron chi connectivity index (χ2n) is 8.25. The highest BCUT2D eigenvalue weighted by Gasteiger charge is 2.42. The fourth-order valence-corrected chi connectivity index (χ4v) is 4.75. The maximum atomic E-state index is 12.9. The molecule has 3 rings (SSSR count). The molecule has 10 heteroatoms. The molecule has 180 valence electrons. The minimum absolute atomic E-state index is 0.0885. The van der Waals surface area contributed by atoms with E-state index in [1.165, 1.54) is 7.05 Å². The number of nitrogens with one attached hydrogen (secondary N) is 4. The van der Waals surface area contributed by atoms with Crippen molar-refractivity contribution in [3.05, 3.63) is 29.3 Å². The highest BCUT2D eigenvalue weighted by atomic mass is 32.2. The van der Waals surface area contributed by atoms with Gasteiger partial charge in [0.1, 0.15) is 12.3 Å². The molecule has 0 aromatic heterocycles. The molecule has 0 spiro atoms. The molecule has 33 heavy (non-hydrogen) atoms. The summed E-state index contributed by atoms with van der Waals surface area (Å²) >= 11 is 1.83. The Morgan fingerprint density at radius 3 is 2.55 bits per heavy atom. The molecule has 2 aliphatic heterocycles. The Balaban J connectivity index is 1.44. The summed E-state index contributed by atoms with van der Waals surface area (Å²) in [7, 11) is 1.44. The first-order valence-electron chi connectivity index (χ1n) is 11.6. The number of likely N-dealkylation sites (N-methyl/N-ethyl adjacent to an activating group) is 1. The van der Waals surface area contributed by atoms with Crippen molar-refractivity contribution in [3.63, 3.8) is 0 Å². The van der Waals surface area contributed by atoms with E-state index in [0.29, 0.717) is 11.5 Å². The van der Waals surface area contributed by atoms with Gasteiger partial charge in [0.25, 0.3) is 11.8 Å². The lowest BCUT2D eigenvalue weighted by Gasteiger charge is -2.26.